The van der Waals surface area contributed by atoms with E-state index >= 15 is 0 Å². The summed E-state index contributed by atoms with van der Waals surface area (Å²) in [7, 11) is 0. The van der Waals surface area contributed by atoms with Crippen molar-refractivity contribution in [1.82, 2.24) is 0 Å². The van der Waals surface area contributed by atoms with Crippen molar-refractivity contribution in [2.75, 3.05) is 11.5 Å². The lowest BCUT2D eigenvalue weighted by Crippen LogP contribution is -2.40. The molecule has 0 radical (unpaired) electrons. The minimum absolute atomic E-state index is 0.0709. The first-order valence-electron chi connectivity index (χ1n) is 7.14. The van der Waals surface area contributed by atoms with Gasteiger partial charge in [0.05, 0.1) is 15.8 Å². The highest BCUT2D eigenvalue weighted by Crippen LogP contribution is 2.68. The van der Waals surface area contributed by atoms with Gasteiger partial charge in [-0.05, 0) is 43.9 Å². The maximum Gasteiger partial charge on any atom is 0.0705 e. The molecule has 1 aliphatic carbocycles. The Hall–Kier alpha value is 0.950. The first kappa shape index (κ1) is 12.7. The van der Waals surface area contributed by atoms with Gasteiger partial charge in [-0.25, -0.2) is 0 Å². The molecule has 0 amide bonds. The standard InChI is InChI=1S/C14H21ClOS2/c1-8-12-10(7-14(8)17-3-4-18-14)13(2)6-9(15)5-11(12)16-13/h8-12H,3-7H2,1-2H3/t8-,9-,10+,11+,12-,13-/m0/s1. The van der Waals surface area contributed by atoms with E-state index in [0.29, 0.717) is 15.6 Å². The highest BCUT2D eigenvalue weighted by atomic mass is 35.5. The van der Waals surface area contributed by atoms with Gasteiger partial charge in [0.15, 0.2) is 0 Å². The number of rotatable bonds is 0. The topological polar surface area (TPSA) is 9.23 Å². The third-order valence-corrected chi connectivity index (χ3v) is 9.93. The van der Waals surface area contributed by atoms with Crippen LogP contribution in [0.4, 0.5) is 0 Å². The van der Waals surface area contributed by atoms with E-state index in [4.69, 9.17) is 16.3 Å². The van der Waals surface area contributed by atoms with Gasteiger partial charge in [0.2, 0.25) is 0 Å². The van der Waals surface area contributed by atoms with Gasteiger partial charge in [0.25, 0.3) is 0 Å². The van der Waals surface area contributed by atoms with Crippen LogP contribution in [0.2, 0.25) is 0 Å². The molecule has 6 atom stereocenters. The van der Waals surface area contributed by atoms with E-state index in [0.717, 1.165) is 30.6 Å². The number of thioether (sulfide) groups is 2. The summed E-state index contributed by atoms with van der Waals surface area (Å²) in [5.41, 5.74) is 0.0709. The van der Waals surface area contributed by atoms with Gasteiger partial charge in [-0.1, -0.05) is 6.92 Å². The average molecular weight is 305 g/mol. The van der Waals surface area contributed by atoms with Crippen LogP contribution in [0.25, 0.3) is 0 Å². The second kappa shape index (κ2) is 3.99. The molecule has 0 N–H and O–H groups in total. The second-order valence-electron chi connectivity index (χ2n) is 6.69. The molecule has 18 heavy (non-hydrogen) atoms. The lowest BCUT2D eigenvalue weighted by atomic mass is 9.81. The molecule has 1 spiro atoms. The lowest BCUT2D eigenvalue weighted by Gasteiger charge is -2.39. The van der Waals surface area contributed by atoms with Crippen LogP contribution in [0.5, 0.6) is 0 Å². The molecule has 4 heteroatoms. The predicted octanol–water partition coefficient (Wildman–Crippen LogP) is 3.99. The number of fused-ring (bicyclic) bond motifs is 5. The Balaban J connectivity index is 1.70. The van der Waals surface area contributed by atoms with Crippen LogP contribution in [0.3, 0.4) is 0 Å². The highest BCUT2D eigenvalue weighted by Gasteiger charge is 2.66. The molecule has 3 saturated heterocycles. The highest BCUT2D eigenvalue weighted by molar-refractivity contribution is 8.21. The molecular weight excluding hydrogens is 284 g/mol. The largest absolute Gasteiger partial charge is 0.371 e. The zero-order chi connectivity index (χ0) is 12.5. The van der Waals surface area contributed by atoms with Crippen molar-refractivity contribution in [3.8, 4) is 0 Å². The maximum absolute atomic E-state index is 6.46. The molecule has 4 fully saturated rings. The van der Waals surface area contributed by atoms with E-state index < -0.39 is 0 Å². The first-order chi connectivity index (χ1) is 8.54. The van der Waals surface area contributed by atoms with Crippen LogP contribution in [0, 0.1) is 17.8 Å². The molecular formula is C14H21ClOS2. The summed E-state index contributed by atoms with van der Waals surface area (Å²) in [5.74, 6) is 4.98. The Kier molecular flexibility index (Phi) is 2.81. The molecule has 1 nitrogen and oxygen atoms in total. The summed E-state index contributed by atoms with van der Waals surface area (Å²) in [6, 6.07) is 0. The quantitative estimate of drug-likeness (QED) is 0.626. The van der Waals surface area contributed by atoms with Crippen LogP contribution in [-0.4, -0.2) is 32.7 Å². The van der Waals surface area contributed by atoms with Crippen molar-refractivity contribution < 1.29 is 4.74 Å². The number of hydrogen-bond acceptors (Lipinski definition) is 3. The van der Waals surface area contributed by atoms with Crippen LogP contribution >= 0.6 is 35.1 Å². The third-order valence-electron chi connectivity index (χ3n) is 5.77. The Morgan fingerprint density at radius 1 is 1.22 bits per heavy atom. The molecule has 4 rings (SSSR count). The first-order valence-corrected chi connectivity index (χ1v) is 9.55. The minimum atomic E-state index is 0.0709. The van der Waals surface area contributed by atoms with Gasteiger partial charge < -0.3 is 4.74 Å². The summed E-state index contributed by atoms with van der Waals surface area (Å²) >= 11 is 10.9. The lowest BCUT2D eigenvalue weighted by molar-refractivity contribution is -0.0848. The van der Waals surface area contributed by atoms with E-state index in [-0.39, 0.29) is 5.60 Å². The van der Waals surface area contributed by atoms with Crippen LogP contribution < -0.4 is 0 Å². The monoisotopic (exact) mass is 304 g/mol. The summed E-state index contributed by atoms with van der Waals surface area (Å²) in [6.07, 6.45) is 3.93. The Morgan fingerprint density at radius 3 is 2.67 bits per heavy atom. The fourth-order valence-electron chi connectivity index (χ4n) is 5.02. The normalized spacial score (nSPS) is 57.2. The molecule has 0 unspecified atom stereocenters. The molecule has 3 heterocycles. The van der Waals surface area contributed by atoms with E-state index in [1.54, 1.807) is 0 Å². The number of halogens is 1. The van der Waals surface area contributed by atoms with Gasteiger partial charge in [-0.2, -0.15) is 0 Å². The maximum atomic E-state index is 6.46. The molecule has 102 valence electrons. The van der Waals surface area contributed by atoms with E-state index in [1.165, 1.54) is 17.9 Å². The molecule has 0 aromatic rings. The fourth-order valence-corrected chi connectivity index (χ4v) is 9.13. The van der Waals surface area contributed by atoms with Gasteiger partial charge in [-0.3, -0.25) is 0 Å². The Morgan fingerprint density at radius 2 is 1.94 bits per heavy atom. The van der Waals surface area contributed by atoms with E-state index in [1.807, 2.05) is 0 Å². The Labute approximate surface area is 123 Å². The third kappa shape index (κ3) is 1.54. The van der Waals surface area contributed by atoms with Gasteiger partial charge in [0.1, 0.15) is 0 Å². The number of ether oxygens (including phenoxy) is 1. The van der Waals surface area contributed by atoms with E-state index in [9.17, 15) is 0 Å². The van der Waals surface area contributed by atoms with Crippen molar-refractivity contribution in [2.45, 2.75) is 54.3 Å². The van der Waals surface area contributed by atoms with Gasteiger partial charge >= 0.3 is 0 Å². The van der Waals surface area contributed by atoms with Crippen molar-refractivity contribution in [3.63, 3.8) is 0 Å². The smallest absolute Gasteiger partial charge is 0.0705 e. The summed E-state index contributed by atoms with van der Waals surface area (Å²) in [4.78, 5) is 0. The molecule has 0 aromatic carbocycles. The van der Waals surface area contributed by atoms with Crippen molar-refractivity contribution in [2.24, 2.45) is 17.8 Å². The molecule has 4 aliphatic rings. The minimum Gasteiger partial charge on any atom is -0.371 e. The van der Waals surface area contributed by atoms with Crippen LogP contribution in [0.1, 0.15) is 33.1 Å². The zero-order valence-electron chi connectivity index (χ0n) is 11.0. The van der Waals surface area contributed by atoms with Gasteiger partial charge in [-0.15, -0.1) is 35.1 Å². The van der Waals surface area contributed by atoms with Crippen LogP contribution in [-0.2, 0) is 4.74 Å². The van der Waals surface area contributed by atoms with Crippen molar-refractivity contribution in [3.05, 3.63) is 0 Å². The number of hydrogen-bond donors (Lipinski definition) is 0. The molecule has 0 aromatic heterocycles. The van der Waals surface area contributed by atoms with Gasteiger partial charge in [0, 0.05) is 16.9 Å². The second-order valence-corrected chi connectivity index (χ2v) is 10.4. The SMILES string of the molecule is C[C@H]1[C@H]2[C@@H](CC13SCCS3)[C@]1(C)C[C@@H](Cl)C[C@H]2O1. The Bertz CT molecular complexity index is 371. The summed E-state index contributed by atoms with van der Waals surface area (Å²) in [5, 5.41) is 0.339. The van der Waals surface area contributed by atoms with Crippen LogP contribution in [0.15, 0.2) is 0 Å². The summed E-state index contributed by atoms with van der Waals surface area (Å²) in [6.45, 7) is 4.81. The summed E-state index contributed by atoms with van der Waals surface area (Å²) < 4.78 is 6.90. The molecule has 3 aliphatic heterocycles. The molecule has 2 bridgehead atoms. The predicted molar refractivity (Wildman–Crippen MR) is 80.6 cm³/mol. The average Bonchev–Trinajstić information content (AvgIpc) is 2.91. The number of alkyl halides is 1. The van der Waals surface area contributed by atoms with Crippen molar-refractivity contribution in [1.29, 1.82) is 0 Å². The van der Waals surface area contributed by atoms with Crippen molar-refractivity contribution >= 4 is 35.1 Å². The fraction of sp³-hybridized carbons (Fsp3) is 1.00. The zero-order valence-corrected chi connectivity index (χ0v) is 13.4. The van der Waals surface area contributed by atoms with E-state index in [2.05, 4.69) is 37.4 Å². The molecule has 1 saturated carbocycles.